The van der Waals surface area contributed by atoms with Crippen molar-refractivity contribution in [3.05, 3.63) is 53.7 Å². The number of amides is 1. The van der Waals surface area contributed by atoms with Gasteiger partial charge >= 0.3 is 0 Å². The van der Waals surface area contributed by atoms with E-state index in [9.17, 15) is 4.79 Å². The molecule has 1 fully saturated rings. The van der Waals surface area contributed by atoms with Crippen LogP contribution in [0.3, 0.4) is 0 Å². The summed E-state index contributed by atoms with van der Waals surface area (Å²) in [4.78, 5) is 19.2. The molecule has 1 aliphatic rings. The molecule has 1 saturated heterocycles. The SMILES string of the molecule is CO[C@@H](C)c1cccc(-c2ncccc2C(=O)N2CCCC2)c1. The minimum absolute atomic E-state index is 0.0106. The minimum Gasteiger partial charge on any atom is -0.377 e. The molecule has 4 nitrogen and oxygen atoms in total. The predicted octanol–water partition coefficient (Wildman–Crippen LogP) is 3.69. The van der Waals surface area contributed by atoms with Gasteiger partial charge < -0.3 is 9.64 Å². The molecule has 0 aliphatic carbocycles. The highest BCUT2D eigenvalue weighted by atomic mass is 16.5. The standard InChI is InChI=1S/C19H22N2O2/c1-14(23-2)15-7-5-8-16(13-15)18-17(9-6-10-20-18)19(22)21-11-3-4-12-21/h5-10,13-14H,3-4,11-12H2,1-2H3/t14-/m0/s1. The van der Waals surface area contributed by atoms with Crippen LogP contribution in [0.5, 0.6) is 0 Å². The zero-order valence-electron chi connectivity index (χ0n) is 13.7. The summed E-state index contributed by atoms with van der Waals surface area (Å²) in [5.41, 5.74) is 3.45. The van der Waals surface area contributed by atoms with E-state index in [1.54, 1.807) is 13.3 Å². The van der Waals surface area contributed by atoms with Crippen LogP contribution in [0, 0.1) is 0 Å². The van der Waals surface area contributed by atoms with Crippen LogP contribution in [0.1, 0.15) is 41.8 Å². The lowest BCUT2D eigenvalue weighted by atomic mass is 10.0. The molecule has 0 unspecified atom stereocenters. The smallest absolute Gasteiger partial charge is 0.256 e. The van der Waals surface area contributed by atoms with Crippen LogP contribution >= 0.6 is 0 Å². The van der Waals surface area contributed by atoms with E-state index >= 15 is 0 Å². The van der Waals surface area contributed by atoms with Crippen molar-refractivity contribution in [1.82, 2.24) is 9.88 Å². The third-order valence-corrected chi connectivity index (χ3v) is 4.41. The zero-order chi connectivity index (χ0) is 16.2. The van der Waals surface area contributed by atoms with Crippen molar-refractivity contribution in [2.45, 2.75) is 25.9 Å². The van der Waals surface area contributed by atoms with E-state index in [1.165, 1.54) is 0 Å². The van der Waals surface area contributed by atoms with Crippen LogP contribution in [0.15, 0.2) is 42.6 Å². The lowest BCUT2D eigenvalue weighted by molar-refractivity contribution is 0.0793. The van der Waals surface area contributed by atoms with Gasteiger partial charge in [0.1, 0.15) is 0 Å². The van der Waals surface area contributed by atoms with Gasteiger partial charge in [-0.2, -0.15) is 0 Å². The average molecular weight is 310 g/mol. The van der Waals surface area contributed by atoms with E-state index in [2.05, 4.69) is 11.1 Å². The molecule has 1 amide bonds. The Balaban J connectivity index is 1.98. The Bertz CT molecular complexity index is 693. The van der Waals surface area contributed by atoms with Crippen molar-refractivity contribution in [2.24, 2.45) is 0 Å². The molecule has 0 radical (unpaired) electrons. The Morgan fingerprint density at radius 2 is 2.00 bits per heavy atom. The number of hydrogen-bond donors (Lipinski definition) is 0. The summed E-state index contributed by atoms with van der Waals surface area (Å²) in [6, 6.07) is 11.8. The zero-order valence-corrected chi connectivity index (χ0v) is 13.7. The normalized spacial score (nSPS) is 15.7. The number of ether oxygens (including phenoxy) is 1. The first kappa shape index (κ1) is 15.7. The molecular formula is C19H22N2O2. The molecule has 2 heterocycles. The number of likely N-dealkylation sites (tertiary alicyclic amines) is 1. The lowest BCUT2D eigenvalue weighted by Crippen LogP contribution is -2.28. The Morgan fingerprint density at radius 3 is 2.74 bits per heavy atom. The number of pyridine rings is 1. The summed E-state index contributed by atoms with van der Waals surface area (Å²) in [5.74, 6) is 0.0794. The Hall–Kier alpha value is -2.20. The summed E-state index contributed by atoms with van der Waals surface area (Å²) in [6.45, 7) is 3.69. The molecule has 23 heavy (non-hydrogen) atoms. The minimum atomic E-state index is 0.0106. The van der Waals surface area contributed by atoms with E-state index in [0.29, 0.717) is 5.56 Å². The highest BCUT2D eigenvalue weighted by molar-refractivity contribution is 6.00. The van der Waals surface area contributed by atoms with E-state index < -0.39 is 0 Å². The van der Waals surface area contributed by atoms with E-state index in [4.69, 9.17) is 4.74 Å². The van der Waals surface area contributed by atoms with Crippen LogP contribution in [0.25, 0.3) is 11.3 Å². The molecule has 1 atom stereocenters. The van der Waals surface area contributed by atoms with Crippen LogP contribution < -0.4 is 0 Å². The number of aromatic nitrogens is 1. The fourth-order valence-electron chi connectivity index (χ4n) is 2.97. The number of hydrogen-bond acceptors (Lipinski definition) is 3. The molecule has 0 spiro atoms. The Labute approximate surface area is 137 Å². The fraction of sp³-hybridized carbons (Fsp3) is 0.368. The number of rotatable bonds is 4. The predicted molar refractivity (Wildman–Crippen MR) is 90.2 cm³/mol. The van der Waals surface area contributed by atoms with Gasteiger partial charge in [0.2, 0.25) is 0 Å². The summed E-state index contributed by atoms with van der Waals surface area (Å²) >= 11 is 0. The van der Waals surface area contributed by atoms with E-state index in [0.717, 1.165) is 42.8 Å². The second kappa shape index (κ2) is 6.92. The quantitative estimate of drug-likeness (QED) is 0.865. The topological polar surface area (TPSA) is 42.4 Å². The molecule has 0 N–H and O–H groups in total. The average Bonchev–Trinajstić information content (AvgIpc) is 3.15. The second-order valence-electron chi connectivity index (χ2n) is 5.90. The lowest BCUT2D eigenvalue weighted by Gasteiger charge is -2.18. The van der Waals surface area contributed by atoms with Crippen molar-refractivity contribution < 1.29 is 9.53 Å². The molecule has 1 aromatic carbocycles. The molecule has 1 aliphatic heterocycles. The van der Waals surface area contributed by atoms with Gasteiger partial charge in [-0.05, 0) is 43.5 Å². The number of carbonyl (C=O) groups is 1. The second-order valence-corrected chi connectivity index (χ2v) is 5.90. The van der Waals surface area contributed by atoms with Gasteiger partial charge in [0.25, 0.3) is 5.91 Å². The Morgan fingerprint density at radius 1 is 1.22 bits per heavy atom. The van der Waals surface area contributed by atoms with Crippen LogP contribution in [-0.2, 0) is 4.74 Å². The first-order valence-corrected chi connectivity index (χ1v) is 8.08. The molecule has 4 heteroatoms. The molecule has 120 valence electrons. The summed E-state index contributed by atoms with van der Waals surface area (Å²) < 4.78 is 5.39. The van der Waals surface area contributed by atoms with Crippen LogP contribution in [-0.4, -0.2) is 36.0 Å². The molecule has 0 saturated carbocycles. The third-order valence-electron chi connectivity index (χ3n) is 4.41. The fourth-order valence-corrected chi connectivity index (χ4v) is 2.97. The van der Waals surface area contributed by atoms with Gasteiger partial charge in [-0.25, -0.2) is 0 Å². The first-order chi connectivity index (χ1) is 11.2. The van der Waals surface area contributed by atoms with Crippen molar-refractivity contribution in [3.8, 4) is 11.3 Å². The third kappa shape index (κ3) is 3.27. The monoisotopic (exact) mass is 310 g/mol. The van der Waals surface area contributed by atoms with Crippen molar-refractivity contribution in [1.29, 1.82) is 0 Å². The highest BCUT2D eigenvalue weighted by Crippen LogP contribution is 2.27. The van der Waals surface area contributed by atoms with Crippen molar-refractivity contribution >= 4 is 5.91 Å². The highest BCUT2D eigenvalue weighted by Gasteiger charge is 2.23. The Kier molecular flexibility index (Phi) is 4.72. The number of methoxy groups -OCH3 is 1. The van der Waals surface area contributed by atoms with Gasteiger partial charge in [-0.3, -0.25) is 9.78 Å². The van der Waals surface area contributed by atoms with Crippen molar-refractivity contribution in [3.63, 3.8) is 0 Å². The van der Waals surface area contributed by atoms with Gasteiger partial charge in [-0.1, -0.05) is 18.2 Å². The van der Waals surface area contributed by atoms with Crippen molar-refractivity contribution in [2.75, 3.05) is 20.2 Å². The number of carbonyl (C=O) groups excluding carboxylic acids is 1. The molecule has 0 bridgehead atoms. The maximum absolute atomic E-state index is 12.8. The van der Waals surface area contributed by atoms with Gasteiger partial charge in [0.05, 0.1) is 17.4 Å². The van der Waals surface area contributed by atoms with E-state index in [1.807, 2.05) is 42.2 Å². The molecular weight excluding hydrogens is 288 g/mol. The number of nitrogens with zero attached hydrogens (tertiary/aromatic N) is 2. The van der Waals surface area contributed by atoms with E-state index in [-0.39, 0.29) is 12.0 Å². The molecule has 2 aromatic rings. The van der Waals surface area contributed by atoms with Crippen LogP contribution in [0.2, 0.25) is 0 Å². The maximum Gasteiger partial charge on any atom is 0.256 e. The molecule has 1 aromatic heterocycles. The first-order valence-electron chi connectivity index (χ1n) is 8.08. The van der Waals surface area contributed by atoms with Crippen LogP contribution in [0.4, 0.5) is 0 Å². The summed E-state index contributed by atoms with van der Waals surface area (Å²) in [7, 11) is 1.69. The molecule has 3 rings (SSSR count). The summed E-state index contributed by atoms with van der Waals surface area (Å²) in [6.07, 6.45) is 3.92. The summed E-state index contributed by atoms with van der Waals surface area (Å²) in [5, 5.41) is 0. The van der Waals surface area contributed by atoms with Gasteiger partial charge in [0, 0.05) is 32.0 Å². The van der Waals surface area contributed by atoms with Gasteiger partial charge in [0.15, 0.2) is 0 Å². The number of benzene rings is 1. The van der Waals surface area contributed by atoms with Gasteiger partial charge in [-0.15, -0.1) is 0 Å². The largest absolute Gasteiger partial charge is 0.377 e. The maximum atomic E-state index is 12.8.